The minimum atomic E-state index is -1.28. The van der Waals surface area contributed by atoms with E-state index in [0.29, 0.717) is 14.5 Å². The van der Waals surface area contributed by atoms with Crippen LogP contribution in [0.25, 0.3) is 0 Å². The molecule has 0 bridgehead atoms. The largest absolute Gasteiger partial charge is 0.465 e. The molecule has 17 heavy (non-hydrogen) atoms. The highest BCUT2D eigenvalue weighted by atomic mass is 79.9. The second-order valence-corrected chi connectivity index (χ2v) is 4.47. The Morgan fingerprint density at radius 3 is 2.82 bits per heavy atom. The highest BCUT2D eigenvalue weighted by Gasteiger charge is 2.18. The van der Waals surface area contributed by atoms with E-state index in [9.17, 15) is 9.59 Å². The van der Waals surface area contributed by atoms with Crippen LogP contribution in [-0.2, 0) is 0 Å². The molecule has 0 aliphatic heterocycles. The Morgan fingerprint density at radius 1 is 1.59 bits per heavy atom. The lowest BCUT2D eigenvalue weighted by Gasteiger charge is -2.14. The number of carbonyl (C=O) groups is 2. The van der Waals surface area contributed by atoms with Gasteiger partial charge in [0.25, 0.3) is 0 Å². The first-order chi connectivity index (χ1) is 8.04. The zero-order valence-corrected chi connectivity index (χ0v) is 11.3. The van der Waals surface area contributed by atoms with Crippen LogP contribution in [0.5, 0.6) is 0 Å². The molecule has 92 valence electrons. The van der Waals surface area contributed by atoms with Gasteiger partial charge in [-0.3, -0.25) is 4.72 Å². The summed E-state index contributed by atoms with van der Waals surface area (Å²) in [7, 11) is 0. The van der Waals surface area contributed by atoms with Gasteiger partial charge in [-0.25, -0.2) is 19.5 Å². The van der Waals surface area contributed by atoms with Crippen LogP contribution in [0.4, 0.5) is 9.59 Å². The van der Waals surface area contributed by atoms with Crippen LogP contribution < -0.4 is 4.72 Å². The zero-order chi connectivity index (χ0) is 12.8. The summed E-state index contributed by atoms with van der Waals surface area (Å²) in [5.74, 6) is 0. The van der Waals surface area contributed by atoms with Crippen molar-refractivity contribution in [1.29, 1.82) is 0 Å². The number of imide groups is 1. The van der Waals surface area contributed by atoms with E-state index in [0.717, 1.165) is 11.9 Å². The topological polar surface area (TPSA) is 82.5 Å². The number of hydrogen-bond donors (Lipinski definition) is 2. The third-order valence-electron chi connectivity index (χ3n) is 1.72. The number of carboxylic acid groups (broad SMARTS) is 1. The van der Waals surface area contributed by atoms with Gasteiger partial charge in [-0.05, 0) is 35.0 Å². The number of amides is 3. The van der Waals surface area contributed by atoms with Crippen molar-refractivity contribution in [2.75, 3.05) is 6.54 Å². The maximum atomic E-state index is 11.4. The summed E-state index contributed by atoms with van der Waals surface area (Å²) in [6.45, 7) is 1.67. The van der Waals surface area contributed by atoms with E-state index in [2.05, 4.69) is 25.6 Å². The Morgan fingerprint density at radius 2 is 2.29 bits per heavy atom. The van der Waals surface area contributed by atoms with Crippen molar-refractivity contribution in [3.05, 3.63) is 22.8 Å². The molecule has 1 rings (SSSR count). The van der Waals surface area contributed by atoms with Crippen LogP contribution in [0.3, 0.4) is 0 Å². The molecule has 0 fully saturated rings. The van der Waals surface area contributed by atoms with Crippen molar-refractivity contribution in [3.8, 4) is 0 Å². The molecule has 8 heteroatoms. The third-order valence-corrected chi connectivity index (χ3v) is 2.88. The number of nitrogens with zero attached hydrogens (tertiary/aromatic N) is 2. The molecule has 0 aromatic carbocycles. The summed E-state index contributed by atoms with van der Waals surface area (Å²) < 4.78 is 3.04. The van der Waals surface area contributed by atoms with Crippen molar-refractivity contribution in [3.63, 3.8) is 0 Å². The maximum Gasteiger partial charge on any atom is 0.415 e. The summed E-state index contributed by atoms with van der Waals surface area (Å²) >= 11 is 4.15. The fourth-order valence-electron chi connectivity index (χ4n) is 0.963. The number of aromatic nitrogens is 1. The van der Waals surface area contributed by atoms with Crippen LogP contribution in [0.1, 0.15) is 6.92 Å². The summed E-state index contributed by atoms with van der Waals surface area (Å²) in [6.07, 6.45) is -1.28. The van der Waals surface area contributed by atoms with Crippen molar-refractivity contribution >= 4 is 40.0 Å². The first kappa shape index (κ1) is 13.8. The summed E-state index contributed by atoms with van der Waals surface area (Å²) in [4.78, 5) is 26.9. The summed E-state index contributed by atoms with van der Waals surface area (Å²) in [5, 5.41) is 9.28. The number of pyridine rings is 1. The molecule has 2 N–H and O–H groups in total. The molecule has 3 amide bonds. The molecule has 0 aliphatic carbocycles. The monoisotopic (exact) mass is 319 g/mol. The number of hydrogen-bond acceptors (Lipinski definition) is 4. The molecule has 0 radical (unpaired) electrons. The van der Waals surface area contributed by atoms with Crippen LogP contribution in [0, 0.1) is 0 Å². The average molecular weight is 320 g/mol. The molecule has 1 aromatic rings. The lowest BCUT2D eigenvalue weighted by Crippen LogP contribution is -2.40. The SMILES string of the molecule is CCN(C(=O)O)C(=O)NSc1cccc(Br)n1. The van der Waals surface area contributed by atoms with Crippen LogP contribution in [-0.4, -0.2) is 33.7 Å². The van der Waals surface area contributed by atoms with E-state index in [4.69, 9.17) is 5.11 Å². The third kappa shape index (κ3) is 4.23. The van der Waals surface area contributed by atoms with E-state index in [1.165, 1.54) is 0 Å². The lowest BCUT2D eigenvalue weighted by atomic mass is 10.5. The van der Waals surface area contributed by atoms with E-state index in [1.807, 2.05) is 0 Å². The van der Waals surface area contributed by atoms with Gasteiger partial charge in [0.15, 0.2) is 0 Å². The van der Waals surface area contributed by atoms with Crippen molar-refractivity contribution < 1.29 is 14.7 Å². The van der Waals surface area contributed by atoms with Gasteiger partial charge in [0.05, 0.1) is 0 Å². The van der Waals surface area contributed by atoms with Crippen LogP contribution in [0.15, 0.2) is 27.8 Å². The van der Waals surface area contributed by atoms with E-state index in [1.54, 1.807) is 25.1 Å². The highest BCUT2D eigenvalue weighted by Crippen LogP contribution is 2.15. The molecular formula is C9H10BrN3O3S. The van der Waals surface area contributed by atoms with Crippen LogP contribution >= 0.6 is 27.9 Å². The molecule has 0 aliphatic rings. The second kappa shape index (κ2) is 6.45. The predicted octanol–water partition coefficient (Wildman–Crippen LogP) is 2.56. The molecule has 0 unspecified atom stereocenters. The molecule has 1 heterocycles. The highest BCUT2D eigenvalue weighted by molar-refractivity contribution is 9.10. The van der Waals surface area contributed by atoms with Crippen LogP contribution in [0.2, 0.25) is 0 Å². The maximum absolute atomic E-state index is 11.4. The number of nitrogens with one attached hydrogen (secondary N) is 1. The minimum absolute atomic E-state index is 0.0909. The number of carbonyl (C=O) groups excluding carboxylic acids is 1. The fraction of sp³-hybridized carbons (Fsp3) is 0.222. The molecule has 6 nitrogen and oxygen atoms in total. The van der Waals surface area contributed by atoms with Gasteiger partial charge in [-0.15, -0.1) is 0 Å². The number of rotatable bonds is 3. The summed E-state index contributed by atoms with van der Waals surface area (Å²) in [5.41, 5.74) is 0. The first-order valence-electron chi connectivity index (χ1n) is 4.64. The molecule has 0 spiro atoms. The van der Waals surface area contributed by atoms with Gasteiger partial charge >= 0.3 is 12.1 Å². The molecule has 0 atom stereocenters. The number of halogens is 1. The molecular weight excluding hydrogens is 310 g/mol. The molecule has 1 aromatic heterocycles. The van der Waals surface area contributed by atoms with Crippen molar-refractivity contribution in [1.82, 2.24) is 14.6 Å². The first-order valence-corrected chi connectivity index (χ1v) is 6.25. The Bertz CT molecular complexity index is 430. The molecule has 0 saturated carbocycles. The Kier molecular flexibility index (Phi) is 5.23. The Hall–Kier alpha value is -1.28. The van der Waals surface area contributed by atoms with Crippen molar-refractivity contribution in [2.24, 2.45) is 0 Å². The van der Waals surface area contributed by atoms with Gasteiger partial charge in [0, 0.05) is 18.5 Å². The van der Waals surface area contributed by atoms with E-state index < -0.39 is 12.1 Å². The zero-order valence-electron chi connectivity index (χ0n) is 8.88. The second-order valence-electron chi connectivity index (χ2n) is 2.83. The average Bonchev–Trinajstić information content (AvgIpc) is 2.27. The van der Waals surface area contributed by atoms with Gasteiger partial charge in [0.1, 0.15) is 9.63 Å². The van der Waals surface area contributed by atoms with Gasteiger partial charge in [-0.2, -0.15) is 0 Å². The standard InChI is InChI=1S/C9H10BrN3O3S/c1-2-13(9(15)16)8(14)12-17-7-5-3-4-6(10)11-7/h3-5H,2H2,1H3,(H,12,14)(H,15,16). The van der Waals surface area contributed by atoms with Gasteiger partial charge in [-0.1, -0.05) is 6.07 Å². The Labute approximate surface area is 111 Å². The minimum Gasteiger partial charge on any atom is -0.465 e. The normalized spacial score (nSPS) is 9.76. The molecule has 0 saturated heterocycles. The Balaban J connectivity index is 2.56. The number of urea groups is 1. The quantitative estimate of drug-likeness (QED) is 0.661. The van der Waals surface area contributed by atoms with E-state index in [-0.39, 0.29) is 6.54 Å². The smallest absolute Gasteiger partial charge is 0.415 e. The fourth-order valence-corrected chi connectivity index (χ4v) is 2.02. The van der Waals surface area contributed by atoms with Gasteiger partial charge in [0.2, 0.25) is 0 Å². The lowest BCUT2D eigenvalue weighted by molar-refractivity contribution is 0.152. The summed E-state index contributed by atoms with van der Waals surface area (Å²) in [6, 6.07) is 4.53. The van der Waals surface area contributed by atoms with Crippen molar-refractivity contribution in [2.45, 2.75) is 11.9 Å². The van der Waals surface area contributed by atoms with E-state index >= 15 is 0 Å². The van der Waals surface area contributed by atoms with Gasteiger partial charge < -0.3 is 5.11 Å². The predicted molar refractivity (Wildman–Crippen MR) is 66.7 cm³/mol.